The van der Waals surface area contributed by atoms with Crippen molar-refractivity contribution >= 4 is 29.5 Å². The fourth-order valence-corrected chi connectivity index (χ4v) is 5.01. The lowest BCUT2D eigenvalue weighted by atomic mass is 9.97. The minimum atomic E-state index is -0.882. The van der Waals surface area contributed by atoms with Crippen LogP contribution in [-0.2, 0) is 19.2 Å². The van der Waals surface area contributed by atoms with Gasteiger partial charge < -0.3 is 31.9 Å². The van der Waals surface area contributed by atoms with Crippen LogP contribution >= 0.6 is 0 Å². The number of hydrogen-bond donors (Lipinski definition) is 7. The molecule has 0 aromatic carbocycles. The van der Waals surface area contributed by atoms with E-state index in [0.29, 0.717) is 38.8 Å². The second-order valence-electron chi connectivity index (χ2n) is 13.1. The van der Waals surface area contributed by atoms with E-state index in [1.54, 1.807) is 6.92 Å². The van der Waals surface area contributed by atoms with Gasteiger partial charge in [-0.1, -0.05) is 67.7 Å². The summed E-state index contributed by atoms with van der Waals surface area (Å²) in [7, 11) is 0. The zero-order valence-electron chi connectivity index (χ0n) is 29.8. The maximum Gasteiger partial charge on any atom is 0.252 e. The van der Waals surface area contributed by atoms with E-state index in [1.807, 2.05) is 55.4 Å². The van der Waals surface area contributed by atoms with E-state index in [4.69, 9.17) is 0 Å². The van der Waals surface area contributed by atoms with Crippen molar-refractivity contribution < 1.29 is 33.9 Å². The van der Waals surface area contributed by atoms with E-state index in [1.165, 1.54) is 24.5 Å². The number of rotatable bonds is 21. The molecule has 266 valence electrons. The summed E-state index contributed by atoms with van der Waals surface area (Å²) in [5, 5.41) is 27.0. The fourth-order valence-electron chi connectivity index (χ4n) is 5.01. The molecule has 0 aliphatic rings. The zero-order valence-corrected chi connectivity index (χ0v) is 29.8. The number of amides is 5. The molecule has 1 heterocycles. The highest BCUT2D eigenvalue weighted by Crippen LogP contribution is 2.12. The van der Waals surface area contributed by atoms with E-state index in [2.05, 4.69) is 31.9 Å². The van der Waals surface area contributed by atoms with Crippen LogP contribution in [0.2, 0.25) is 0 Å². The van der Waals surface area contributed by atoms with Crippen molar-refractivity contribution in [2.75, 3.05) is 13.1 Å². The molecule has 0 bridgehead atoms. The molecule has 5 amide bonds. The molecule has 13 nitrogen and oxygen atoms in total. The molecule has 3 unspecified atom stereocenters. The molecule has 0 saturated carbocycles. The number of unbranched alkanes of at least 4 members (excludes halogenated alkanes) is 1. The summed E-state index contributed by atoms with van der Waals surface area (Å²) in [5.74, 6) is -1.88. The molecule has 1 aromatic heterocycles. The predicted octanol–water partition coefficient (Wildman–Crippen LogP) is 1.82. The summed E-state index contributed by atoms with van der Waals surface area (Å²) < 4.78 is 0.820. The van der Waals surface area contributed by atoms with Crippen molar-refractivity contribution in [3.05, 3.63) is 30.1 Å². The Labute approximate surface area is 280 Å². The number of nitrogens with zero attached hydrogens (tertiary/aromatic N) is 1. The van der Waals surface area contributed by atoms with Crippen LogP contribution in [0.15, 0.2) is 24.5 Å². The maximum atomic E-state index is 13.7. The molecular weight excluding hydrogens is 602 g/mol. The number of carbonyl (C=O) groups is 5. The molecule has 0 fully saturated rings. The van der Waals surface area contributed by atoms with Crippen LogP contribution in [0.4, 0.5) is 0 Å². The van der Waals surface area contributed by atoms with Crippen LogP contribution in [0.1, 0.15) is 105 Å². The molecule has 0 radical (unpaired) electrons. The van der Waals surface area contributed by atoms with Crippen LogP contribution in [-0.4, -0.2) is 78.0 Å². The van der Waals surface area contributed by atoms with Gasteiger partial charge in [0.25, 0.3) is 5.91 Å². The van der Waals surface area contributed by atoms with E-state index in [-0.39, 0.29) is 47.1 Å². The average molecular weight is 663 g/mol. The molecule has 0 spiro atoms. The molecule has 1 aromatic rings. The first-order chi connectivity index (χ1) is 22.1. The van der Waals surface area contributed by atoms with Gasteiger partial charge in [-0.25, -0.2) is 0 Å². The van der Waals surface area contributed by atoms with Crippen LogP contribution < -0.4 is 36.6 Å². The normalized spacial score (nSPS) is 15.1. The molecular formula is C34H60N7O6+. The van der Waals surface area contributed by atoms with Crippen molar-refractivity contribution in [3.63, 3.8) is 0 Å². The van der Waals surface area contributed by atoms with E-state index in [0.717, 1.165) is 11.2 Å². The van der Waals surface area contributed by atoms with Crippen molar-refractivity contribution in [3.8, 4) is 0 Å². The third-order valence-electron chi connectivity index (χ3n) is 8.10. The van der Waals surface area contributed by atoms with Crippen molar-refractivity contribution in [1.29, 1.82) is 0 Å². The van der Waals surface area contributed by atoms with Crippen molar-refractivity contribution in [2.24, 2.45) is 17.8 Å². The molecule has 0 aliphatic carbocycles. The number of carbonyl (C=O) groups excluding carboxylic acids is 5. The monoisotopic (exact) mass is 662 g/mol. The van der Waals surface area contributed by atoms with Gasteiger partial charge in [-0.2, -0.15) is 0 Å². The van der Waals surface area contributed by atoms with Gasteiger partial charge in [0.15, 0.2) is 0 Å². The topological polar surface area (TPSA) is 182 Å². The third-order valence-corrected chi connectivity index (χ3v) is 8.10. The third kappa shape index (κ3) is 14.7. The van der Waals surface area contributed by atoms with Gasteiger partial charge in [0.1, 0.15) is 18.1 Å². The highest BCUT2D eigenvalue weighted by atomic mass is 16.5. The van der Waals surface area contributed by atoms with Gasteiger partial charge in [-0.15, -0.1) is 0 Å². The number of nitrogens with one attached hydrogen (secondary N) is 6. The molecule has 0 aliphatic heterocycles. The first-order valence-corrected chi connectivity index (χ1v) is 17.1. The van der Waals surface area contributed by atoms with Crippen LogP contribution in [0, 0.1) is 17.8 Å². The second-order valence-corrected chi connectivity index (χ2v) is 13.1. The van der Waals surface area contributed by atoms with Crippen LogP contribution in [0.5, 0.6) is 0 Å². The quantitative estimate of drug-likeness (QED) is 0.0774. The van der Waals surface area contributed by atoms with Crippen LogP contribution in [0.3, 0.4) is 0 Å². The van der Waals surface area contributed by atoms with Gasteiger partial charge in [-0.3, -0.25) is 29.2 Å². The molecule has 13 heteroatoms. The number of hydrogen-bond acceptors (Lipinski definition) is 7. The molecule has 7 N–H and O–H groups in total. The largest absolute Gasteiger partial charge is 0.355 e. The average Bonchev–Trinajstić information content (AvgIpc) is 3.02. The number of likely N-dealkylation sites (N-methyl/N-ethyl adjacent to an activating group) is 1. The number of pyridine rings is 1. The minimum absolute atomic E-state index is 0.0962. The lowest BCUT2D eigenvalue weighted by molar-refractivity contribution is -0.904. The van der Waals surface area contributed by atoms with E-state index < -0.39 is 36.0 Å². The summed E-state index contributed by atoms with van der Waals surface area (Å²) in [5.41, 5.74) is 0.285. The number of aromatic nitrogens is 1. The van der Waals surface area contributed by atoms with Gasteiger partial charge in [-0.05, 0) is 44.4 Å². The Morgan fingerprint density at radius 3 is 1.96 bits per heavy atom. The first-order valence-electron chi connectivity index (χ1n) is 17.1. The SMILES string of the molecule is CCCC[C@H](NC(=O)C(NC(=O)c1cc[n+](O)cc1)[C@@H](C)CC)C(=O)NC(CN[C@@H](C)C(=O)NC(C(=O)NCC)C(C)C)CC(C)C. The highest BCUT2D eigenvalue weighted by Gasteiger charge is 2.31. The lowest BCUT2D eigenvalue weighted by Gasteiger charge is -2.29. The Bertz CT molecular complexity index is 1140. The standard InChI is InChI=1S/C34H59N7O6/c1-10-13-14-27(38-34(46)29(23(8)11-2)40-31(43)25-15-17-41(47)18-16-25)32(44)37-26(19-21(4)5)20-36-24(9)30(42)39-28(22(6)7)33(45)35-12-3/h15-18,21-24,26-29,36H,10-14,19-20H2,1-9H3,(H5-,35,37,38,39,40,42,43,44,45,46,47)/p+1/t23-,24-,26?,27-,28?,29?/m0/s1. The van der Waals surface area contributed by atoms with Crippen molar-refractivity contribution in [2.45, 2.75) is 125 Å². The molecule has 47 heavy (non-hydrogen) atoms. The van der Waals surface area contributed by atoms with E-state index >= 15 is 0 Å². The minimum Gasteiger partial charge on any atom is -0.355 e. The maximum absolute atomic E-state index is 13.7. The van der Waals surface area contributed by atoms with Crippen molar-refractivity contribution in [1.82, 2.24) is 31.9 Å². The Morgan fingerprint density at radius 2 is 1.43 bits per heavy atom. The van der Waals surface area contributed by atoms with Gasteiger partial charge >= 0.3 is 0 Å². The van der Waals surface area contributed by atoms with Gasteiger partial charge in [0, 0.05) is 36.0 Å². The summed E-state index contributed by atoms with van der Waals surface area (Å²) in [6.07, 6.45) is 5.83. The summed E-state index contributed by atoms with van der Waals surface area (Å²) in [6.45, 7) is 17.9. The Balaban J connectivity index is 3.02. The van der Waals surface area contributed by atoms with Gasteiger partial charge in [0.2, 0.25) is 36.0 Å². The zero-order chi connectivity index (χ0) is 35.7. The Hall–Kier alpha value is -3.74. The smallest absolute Gasteiger partial charge is 0.252 e. The molecule has 0 saturated heterocycles. The lowest BCUT2D eigenvalue weighted by Crippen LogP contribution is -2.58. The summed E-state index contributed by atoms with van der Waals surface area (Å²) in [4.78, 5) is 65.6. The Kier molecular flexibility index (Phi) is 18.6. The van der Waals surface area contributed by atoms with E-state index in [9.17, 15) is 29.2 Å². The Morgan fingerprint density at radius 1 is 0.787 bits per heavy atom. The first kappa shape index (κ1) is 41.3. The predicted molar refractivity (Wildman–Crippen MR) is 180 cm³/mol. The van der Waals surface area contributed by atoms with Gasteiger partial charge in [0.05, 0.1) is 11.6 Å². The fraction of sp³-hybridized carbons (Fsp3) is 0.706. The van der Waals surface area contributed by atoms with Crippen LogP contribution in [0.25, 0.3) is 0 Å². The second kappa shape index (κ2) is 21.2. The summed E-state index contributed by atoms with van der Waals surface area (Å²) in [6, 6.07) is -0.442. The summed E-state index contributed by atoms with van der Waals surface area (Å²) >= 11 is 0. The highest BCUT2D eigenvalue weighted by molar-refractivity contribution is 5.98. The molecule has 1 rings (SSSR count). The molecule has 6 atom stereocenters.